The van der Waals surface area contributed by atoms with Gasteiger partial charge in [0, 0.05) is 0 Å². The highest BCUT2D eigenvalue weighted by molar-refractivity contribution is 5.99. The molecule has 0 radical (unpaired) electrons. The molecule has 0 aromatic carbocycles. The first-order chi connectivity index (χ1) is 3.22. The molecule has 1 aliphatic heterocycles. The van der Waals surface area contributed by atoms with Crippen LogP contribution in [0.3, 0.4) is 0 Å². The number of aliphatic hydroxyl groups excluding tert-OH is 1. The minimum Gasteiger partial charge on any atom is -0.463 e. The highest BCUT2D eigenvalue weighted by Gasteiger charge is 2.33. The number of nitrogens with zero attached hydrogens (tertiary/aromatic N) is 1. The van der Waals surface area contributed by atoms with Crippen LogP contribution in [0, 0.1) is 0 Å². The Morgan fingerprint density at radius 2 is 2.43 bits per heavy atom. The first-order valence-electron chi connectivity index (χ1n) is 2.03. The SMILES string of the molecule is C[N+]1=C(O)CC1=O. The van der Waals surface area contributed by atoms with Crippen LogP contribution in [0.4, 0.5) is 0 Å². The molecule has 0 aromatic rings. The van der Waals surface area contributed by atoms with Crippen LogP contribution in [0.5, 0.6) is 0 Å². The molecule has 1 heterocycles. The molecule has 3 nitrogen and oxygen atoms in total. The van der Waals surface area contributed by atoms with Gasteiger partial charge in [0.15, 0.2) is 6.42 Å². The van der Waals surface area contributed by atoms with Crippen LogP contribution in [0.2, 0.25) is 0 Å². The molecular weight excluding hydrogens is 94.0 g/mol. The quantitative estimate of drug-likeness (QED) is 0.417. The summed E-state index contributed by atoms with van der Waals surface area (Å²) in [6.07, 6.45) is 0.219. The summed E-state index contributed by atoms with van der Waals surface area (Å²) in [5, 5.41) is 8.51. The molecule has 7 heavy (non-hydrogen) atoms. The van der Waals surface area contributed by atoms with Gasteiger partial charge in [0.05, 0.1) is 0 Å². The Morgan fingerprint density at radius 3 is 2.43 bits per heavy atom. The Labute approximate surface area is 40.9 Å². The Hall–Kier alpha value is -0.860. The first-order valence-corrected chi connectivity index (χ1v) is 2.03. The topological polar surface area (TPSA) is 40.3 Å². The molecule has 0 saturated heterocycles. The summed E-state index contributed by atoms with van der Waals surface area (Å²) in [6, 6.07) is 0. The second-order valence-corrected chi connectivity index (χ2v) is 1.55. The maximum Gasteiger partial charge on any atom is 0.403 e. The molecule has 1 aliphatic rings. The lowest BCUT2D eigenvalue weighted by molar-refractivity contribution is -0.447. The van der Waals surface area contributed by atoms with E-state index in [0.717, 1.165) is 0 Å². The molecule has 38 valence electrons. The number of hydrogen-bond acceptors (Lipinski definition) is 1. The summed E-state index contributed by atoms with van der Waals surface area (Å²) in [7, 11) is 1.54. The first kappa shape index (κ1) is 4.30. The Balaban J connectivity index is 2.85. The van der Waals surface area contributed by atoms with Gasteiger partial charge in [-0.2, -0.15) is 0 Å². The van der Waals surface area contributed by atoms with E-state index < -0.39 is 0 Å². The maximum absolute atomic E-state index is 10.2. The Kier molecular flexibility index (Phi) is 0.648. The number of carbonyl (C=O) groups excluding carboxylic acids is 1. The van der Waals surface area contributed by atoms with E-state index in [0.29, 0.717) is 0 Å². The van der Waals surface area contributed by atoms with Gasteiger partial charge in [0.25, 0.3) is 0 Å². The third-order valence-corrected chi connectivity index (χ3v) is 1.07. The van der Waals surface area contributed by atoms with E-state index >= 15 is 0 Å². The van der Waals surface area contributed by atoms with Crippen molar-refractivity contribution in [1.82, 2.24) is 0 Å². The minimum absolute atomic E-state index is 0.0162. The standard InChI is InChI=1S/C4H5NO2/c1-5-3(6)2-4(5)7/h2H2,1H3/p+1. The van der Waals surface area contributed by atoms with Crippen molar-refractivity contribution >= 4 is 11.8 Å². The normalized spacial score (nSPS) is 19.9. The van der Waals surface area contributed by atoms with Gasteiger partial charge in [-0.25, -0.2) is 4.79 Å². The third kappa shape index (κ3) is 0.408. The molecule has 1 N–H and O–H groups in total. The molecule has 0 fully saturated rings. The molecule has 1 amide bonds. The van der Waals surface area contributed by atoms with Gasteiger partial charge in [0.2, 0.25) is 0 Å². The van der Waals surface area contributed by atoms with Crippen molar-refractivity contribution in [1.29, 1.82) is 0 Å². The molecule has 0 spiro atoms. The van der Waals surface area contributed by atoms with Crippen LogP contribution < -0.4 is 0 Å². The lowest BCUT2D eigenvalue weighted by Crippen LogP contribution is -2.36. The number of aliphatic hydroxyl groups is 1. The monoisotopic (exact) mass is 100 g/mol. The van der Waals surface area contributed by atoms with Crippen molar-refractivity contribution in [3.8, 4) is 0 Å². The van der Waals surface area contributed by atoms with Crippen LogP contribution in [0.1, 0.15) is 6.42 Å². The summed E-state index contributed by atoms with van der Waals surface area (Å²) in [5.41, 5.74) is 0. The minimum atomic E-state index is -0.0162. The van der Waals surface area contributed by atoms with Gasteiger partial charge >= 0.3 is 11.8 Å². The average molecular weight is 100 g/mol. The number of rotatable bonds is 0. The van der Waals surface area contributed by atoms with Gasteiger partial charge in [-0.05, 0) is 0 Å². The Bertz CT molecular complexity index is 148. The summed E-state index contributed by atoms with van der Waals surface area (Å²) < 4.78 is 1.22. The largest absolute Gasteiger partial charge is 0.463 e. The predicted molar refractivity (Wildman–Crippen MR) is 23.4 cm³/mol. The zero-order valence-corrected chi connectivity index (χ0v) is 4.01. The van der Waals surface area contributed by atoms with Crippen LogP contribution in [0.15, 0.2) is 0 Å². The molecule has 3 heteroatoms. The van der Waals surface area contributed by atoms with Gasteiger partial charge in [-0.3, -0.25) is 0 Å². The highest BCUT2D eigenvalue weighted by atomic mass is 16.3. The lowest BCUT2D eigenvalue weighted by atomic mass is 10.3. The molecule has 0 unspecified atom stereocenters. The van der Waals surface area contributed by atoms with Crippen molar-refractivity contribution in [2.45, 2.75) is 6.42 Å². The molecule has 0 bridgehead atoms. The van der Waals surface area contributed by atoms with Crippen molar-refractivity contribution < 1.29 is 14.5 Å². The molecule has 0 saturated carbocycles. The Morgan fingerprint density at radius 1 is 1.86 bits per heavy atom. The predicted octanol–water partition coefficient (Wildman–Crippen LogP) is -0.484. The number of carbonyl (C=O) groups is 1. The van der Waals surface area contributed by atoms with Crippen LogP contribution in [-0.2, 0) is 4.79 Å². The van der Waals surface area contributed by atoms with Crippen LogP contribution >= 0.6 is 0 Å². The maximum atomic E-state index is 10.2. The summed E-state index contributed by atoms with van der Waals surface area (Å²) >= 11 is 0. The van der Waals surface area contributed by atoms with Crippen molar-refractivity contribution in [3.05, 3.63) is 0 Å². The second kappa shape index (κ2) is 1.05. The fourth-order valence-corrected chi connectivity index (χ4v) is 0.425. The summed E-state index contributed by atoms with van der Waals surface area (Å²) in [6.45, 7) is 0. The van der Waals surface area contributed by atoms with Crippen molar-refractivity contribution in [2.24, 2.45) is 0 Å². The second-order valence-electron chi connectivity index (χ2n) is 1.55. The van der Waals surface area contributed by atoms with Gasteiger partial charge in [-0.1, -0.05) is 0 Å². The van der Waals surface area contributed by atoms with E-state index in [4.69, 9.17) is 5.11 Å². The van der Waals surface area contributed by atoms with Crippen molar-refractivity contribution in [2.75, 3.05) is 7.05 Å². The molecular formula is C4H6NO2+. The van der Waals surface area contributed by atoms with E-state index in [2.05, 4.69) is 0 Å². The van der Waals surface area contributed by atoms with E-state index in [1.807, 2.05) is 0 Å². The highest BCUT2D eigenvalue weighted by Crippen LogP contribution is 1.96. The van der Waals surface area contributed by atoms with Crippen molar-refractivity contribution in [3.63, 3.8) is 0 Å². The third-order valence-electron chi connectivity index (χ3n) is 1.07. The van der Waals surface area contributed by atoms with E-state index in [1.54, 1.807) is 7.05 Å². The summed E-state index contributed by atoms with van der Waals surface area (Å²) in [4.78, 5) is 10.2. The van der Waals surface area contributed by atoms with Gasteiger partial charge < -0.3 is 5.11 Å². The van der Waals surface area contributed by atoms with E-state index in [9.17, 15) is 4.79 Å². The molecule has 0 atom stereocenters. The van der Waals surface area contributed by atoms with Gasteiger partial charge in [0.1, 0.15) is 7.05 Å². The van der Waals surface area contributed by atoms with Crippen LogP contribution in [0.25, 0.3) is 0 Å². The smallest absolute Gasteiger partial charge is 0.403 e. The fraction of sp³-hybridized carbons (Fsp3) is 0.500. The fourth-order valence-electron chi connectivity index (χ4n) is 0.425. The zero-order chi connectivity index (χ0) is 5.44. The average Bonchev–Trinajstić information content (AvgIpc) is 1.68. The zero-order valence-electron chi connectivity index (χ0n) is 4.01. The van der Waals surface area contributed by atoms with Gasteiger partial charge in [-0.15, -0.1) is 4.58 Å². The molecule has 0 aromatic heterocycles. The van der Waals surface area contributed by atoms with E-state index in [1.165, 1.54) is 4.58 Å². The summed E-state index contributed by atoms with van der Waals surface area (Å²) in [5.74, 6) is 0.155. The molecule has 1 rings (SSSR count). The van der Waals surface area contributed by atoms with E-state index in [-0.39, 0.29) is 18.2 Å². The van der Waals surface area contributed by atoms with Crippen LogP contribution in [-0.4, -0.2) is 28.5 Å². The molecule has 0 aliphatic carbocycles. The lowest BCUT2D eigenvalue weighted by Gasteiger charge is -2.01. The number of hydrogen-bond donors (Lipinski definition) is 1. The number of amides is 1.